The van der Waals surface area contributed by atoms with Gasteiger partial charge in [0.15, 0.2) is 11.6 Å². The zero-order valence-electron chi connectivity index (χ0n) is 69.6. The van der Waals surface area contributed by atoms with Gasteiger partial charge in [0.05, 0.1) is 26.4 Å². The van der Waals surface area contributed by atoms with E-state index in [9.17, 15) is 80.2 Å². The van der Waals surface area contributed by atoms with Crippen LogP contribution in [0.3, 0.4) is 0 Å². The number of aliphatic hydroxyl groups is 2. The summed E-state index contributed by atoms with van der Waals surface area (Å²) < 4.78 is 99.3. The highest BCUT2D eigenvalue weighted by molar-refractivity contribution is 14.1. The number of halogens is 9. The Hall–Kier alpha value is -9.55. The first-order valence-corrected chi connectivity index (χ1v) is 42.1. The van der Waals surface area contributed by atoms with E-state index in [1.165, 1.54) is 94.9 Å². The number of hydroxylamine groups is 2. The number of hydrogen-bond acceptors (Lipinski definition) is 24. The second-order valence-corrected chi connectivity index (χ2v) is 33.8. The minimum atomic E-state index is -1.22. The maximum absolute atomic E-state index is 14.4. The first-order valence-electron chi connectivity index (χ1n) is 37.5. The van der Waals surface area contributed by atoms with Crippen LogP contribution < -0.4 is 71.3 Å². The number of nitrogens with one attached hydrogen (secondary N) is 2. The standard InChI is InChI=1S/C20H23FIN3O6.C20H16FIN2O4.C17H19FIN3O6.C13H12FIN2O2.C7H5ClO2.C6H13NO3.6CH4/c1-20(2)29-9-13(31-20)10-30-23-17(26)16-15(24(3)19(28)25(4)18(16)27)7-11-5-6-12(22)8-14(11)21;1-23-16(10-12-8-9-13(22)11-15(12)21)17(18(25)24(2)20(23)27)19(26)28-14-6-4-3-5-7-14;1-21-13(5-9-3-4-10(19)6-12(9)18)14(16(26)22(2)17(21)27)15(25)20-28-8-11(24)7-23;1-16-10(7-12(18)17(2)13(16)19)5-8-3-4-9(15)6-11(8)14;8-7(9)10-6-4-2-1-3-5-6;1-6(2)8-3-5(10-6)4-9-7;;;;;;/h5-6,8,13H,7,9-10H2,1-4H3,(H,23,26);3-9,11H,10H2,1-2H3;3-4,6,11,23-24H,5,7-8H2,1-2H3,(H,20,25);3-4,6-7H,5H2,1-2H3;1-5H;5H,3-4,7H2,1-2H3;6*1H4. The van der Waals surface area contributed by atoms with Gasteiger partial charge in [-0.2, -0.15) is 0 Å². The fourth-order valence-electron chi connectivity index (χ4n) is 11.9. The summed E-state index contributed by atoms with van der Waals surface area (Å²) in [7, 11) is 11.0. The summed E-state index contributed by atoms with van der Waals surface area (Å²) in [6.45, 7) is 7.51. The number of amides is 2. The van der Waals surface area contributed by atoms with Crippen LogP contribution in [0.1, 0.15) is 148 Å². The Morgan fingerprint density at radius 2 is 0.788 bits per heavy atom. The minimum absolute atomic E-state index is 0. The lowest BCUT2D eigenvalue weighted by molar-refractivity contribution is -0.147. The number of ether oxygens (including phenoxy) is 6. The van der Waals surface area contributed by atoms with Crippen molar-refractivity contribution < 1.29 is 89.9 Å². The second-order valence-electron chi connectivity index (χ2n) is 28.5. The predicted molar refractivity (Wildman–Crippen MR) is 525 cm³/mol. The van der Waals surface area contributed by atoms with Crippen molar-refractivity contribution in [2.45, 2.75) is 128 Å². The fourth-order valence-corrected chi connectivity index (χ4v) is 13.8. The number of nitrogens with two attached hydrogens (primary N) is 1. The van der Waals surface area contributed by atoms with Crippen molar-refractivity contribution in [3.8, 4) is 11.5 Å². The SMILES string of the molecule is C.C.C.C.C.C.CC1(C)OCC(CON)O1.Cn1c(Cc2ccc(I)cc2F)c(C(=O)NOCC(O)CO)c(=O)n(C)c1=O.Cn1c(Cc2ccc(I)cc2F)c(C(=O)NOCC2COC(C)(C)O2)c(=O)n(C)c1=O.Cn1c(Cc2ccc(I)cc2F)c(C(=O)Oc2ccccc2)c(=O)n(C)c1=O.Cn1c(Cc2ccc(I)cc2F)cc(=O)n(C)c1=O.O=C(Cl)Oc1ccccc1. The molecule has 4 aromatic heterocycles. The van der Waals surface area contributed by atoms with Crippen molar-refractivity contribution in [2.24, 2.45) is 62.3 Å². The molecule has 2 fully saturated rings. The maximum Gasteiger partial charge on any atom is 0.409 e. The van der Waals surface area contributed by atoms with E-state index in [0.29, 0.717) is 47.5 Å². The summed E-state index contributed by atoms with van der Waals surface area (Å²) in [6.07, 6.45) is -1.82. The minimum Gasteiger partial charge on any atom is -0.423 e. The number of para-hydroxylation sites is 2. The van der Waals surface area contributed by atoms with Gasteiger partial charge in [-0.05, 0) is 213 Å². The number of rotatable bonds is 22. The predicted octanol–water partition coefficient (Wildman–Crippen LogP) is 11.0. The van der Waals surface area contributed by atoms with E-state index in [1.54, 1.807) is 118 Å². The molecular weight excluding hydrogens is 2210 g/mol. The Labute approximate surface area is 819 Å². The topological polar surface area (TPSA) is 418 Å². The summed E-state index contributed by atoms with van der Waals surface area (Å²) in [6, 6.07) is 36.8. The molecule has 34 nitrogen and oxygen atoms in total. The summed E-state index contributed by atoms with van der Waals surface area (Å²) in [4.78, 5) is 161. The van der Waals surface area contributed by atoms with Crippen molar-refractivity contribution >= 4 is 125 Å². The van der Waals surface area contributed by atoms with Gasteiger partial charge in [-0.25, -0.2) is 63.2 Å². The van der Waals surface area contributed by atoms with E-state index < -0.39 is 117 Å². The molecule has 2 saturated heterocycles. The maximum atomic E-state index is 14.4. The first-order chi connectivity index (χ1) is 59.3. The van der Waals surface area contributed by atoms with E-state index in [4.69, 9.17) is 56.0 Å². The van der Waals surface area contributed by atoms with Gasteiger partial charge < -0.3 is 48.0 Å². The molecule has 0 bridgehead atoms. The van der Waals surface area contributed by atoms with Crippen LogP contribution in [0.4, 0.5) is 22.4 Å². The van der Waals surface area contributed by atoms with E-state index in [2.05, 4.69) is 15.1 Å². The lowest BCUT2D eigenvalue weighted by Crippen LogP contribution is -2.45. The van der Waals surface area contributed by atoms with Crippen molar-refractivity contribution in [3.05, 3.63) is 322 Å². The molecule has 6 heterocycles. The second kappa shape index (κ2) is 55.3. The molecule has 6 N–H and O–H groups in total. The highest BCUT2D eigenvalue weighted by atomic mass is 127. The van der Waals surface area contributed by atoms with Crippen LogP contribution in [0.25, 0.3) is 0 Å². The van der Waals surface area contributed by atoms with Gasteiger partial charge in [0, 0.05) is 137 Å². The van der Waals surface area contributed by atoms with Gasteiger partial charge in [-0.1, -0.05) is 105 Å². The zero-order chi connectivity index (χ0) is 93.5. The van der Waals surface area contributed by atoms with E-state index in [0.717, 1.165) is 31.0 Å². The van der Waals surface area contributed by atoms with E-state index in [-0.39, 0.29) is 151 Å². The van der Waals surface area contributed by atoms with Crippen LogP contribution >= 0.6 is 102 Å². The molecule has 12 rings (SSSR count). The smallest absolute Gasteiger partial charge is 0.409 e. The van der Waals surface area contributed by atoms with Gasteiger partial charge in [-0.15, -0.1) is 0 Å². The van der Waals surface area contributed by atoms with Gasteiger partial charge in [0.1, 0.15) is 83.0 Å². The molecule has 724 valence electrons. The molecule has 6 aromatic carbocycles. The number of esters is 1. The van der Waals surface area contributed by atoms with E-state index in [1.807, 2.05) is 116 Å². The molecule has 3 unspecified atom stereocenters. The van der Waals surface area contributed by atoms with Crippen LogP contribution in [-0.2, 0) is 116 Å². The lowest BCUT2D eigenvalue weighted by atomic mass is 10.0. The Bertz CT molecular complexity index is 6130. The van der Waals surface area contributed by atoms with Crippen molar-refractivity contribution in [2.75, 3.05) is 39.6 Å². The molecular formula is C89H112ClF4I4N11O23. The third-order valence-corrected chi connectivity index (χ3v) is 21.3. The highest BCUT2D eigenvalue weighted by Gasteiger charge is 2.35. The summed E-state index contributed by atoms with van der Waals surface area (Å²) in [5.41, 5.74) is -0.884. The normalized spacial score (nSPS) is 13.5. The number of aromatic nitrogens is 8. The number of nitrogens with zero attached hydrogens (tertiary/aromatic N) is 8. The molecule has 0 spiro atoms. The number of aliphatic hydroxyl groups excluding tert-OH is 2. The molecule has 2 amide bonds. The van der Waals surface area contributed by atoms with Crippen molar-refractivity contribution in [3.63, 3.8) is 0 Å². The molecule has 43 heteroatoms. The van der Waals surface area contributed by atoms with Crippen LogP contribution in [0.5, 0.6) is 11.5 Å². The summed E-state index contributed by atoms with van der Waals surface area (Å²) in [5, 5.41) is 18.0. The molecule has 0 radical (unpaired) electrons. The third-order valence-electron chi connectivity index (χ3n) is 18.5. The van der Waals surface area contributed by atoms with E-state index >= 15 is 0 Å². The molecule has 132 heavy (non-hydrogen) atoms. The van der Waals surface area contributed by atoms with Crippen LogP contribution in [0.15, 0.2) is 178 Å². The zero-order valence-corrected chi connectivity index (χ0v) is 79.0. The third kappa shape index (κ3) is 33.8. The Morgan fingerprint density at radius 1 is 0.462 bits per heavy atom. The molecule has 10 aromatic rings. The van der Waals surface area contributed by atoms with Crippen LogP contribution in [-0.4, -0.2) is 139 Å². The Balaban J connectivity index is 0.000000815. The fraction of sp³-hybridized carbons (Fsp3) is 0.371. The molecule has 0 saturated carbocycles. The number of carbonyl (C=O) groups excluding carboxylic acids is 4. The molecule has 2 aliphatic heterocycles. The van der Waals surface area contributed by atoms with Crippen molar-refractivity contribution in [1.82, 2.24) is 47.5 Å². The summed E-state index contributed by atoms with van der Waals surface area (Å²) >= 11 is 12.9. The quantitative estimate of drug-likeness (QED) is 0.0105. The molecule has 0 aliphatic carbocycles. The van der Waals surface area contributed by atoms with Gasteiger partial charge in [-0.3, -0.25) is 70.4 Å². The first kappa shape index (κ1) is 120. The molecule has 2 aliphatic rings. The molecule has 3 atom stereocenters. The lowest BCUT2D eigenvalue weighted by Gasteiger charge is -2.17. The average molecular weight is 2320 g/mol. The Kier molecular flexibility index (Phi) is 50.5. The number of hydrogen-bond donors (Lipinski definition) is 5. The monoisotopic (exact) mass is 2320 g/mol. The van der Waals surface area contributed by atoms with Gasteiger partial charge in [0.25, 0.3) is 34.1 Å². The average Bonchev–Trinajstić information content (AvgIpc) is 1.18. The summed E-state index contributed by atoms with van der Waals surface area (Å²) in [5.74, 6) is -0.169. The van der Waals surface area contributed by atoms with Crippen LogP contribution in [0, 0.1) is 37.5 Å². The number of carbonyl (C=O) groups is 4. The van der Waals surface area contributed by atoms with Crippen LogP contribution in [0.2, 0.25) is 0 Å². The van der Waals surface area contributed by atoms with Gasteiger partial charge >= 0.3 is 34.2 Å². The Morgan fingerprint density at radius 3 is 1.12 bits per heavy atom. The number of benzene rings is 6. The highest BCUT2D eigenvalue weighted by Crippen LogP contribution is 2.26. The van der Waals surface area contributed by atoms with Gasteiger partial charge in [0.2, 0.25) is 0 Å². The van der Waals surface area contributed by atoms with Crippen molar-refractivity contribution in [1.29, 1.82) is 0 Å². The largest absolute Gasteiger partial charge is 0.423 e.